The van der Waals surface area contributed by atoms with Crippen LogP contribution in [0, 0.1) is 12.8 Å². The van der Waals surface area contributed by atoms with Gasteiger partial charge in [-0.25, -0.2) is 0 Å². The molecule has 0 fully saturated rings. The van der Waals surface area contributed by atoms with Crippen molar-refractivity contribution in [2.24, 2.45) is 11.7 Å². The largest absolute Gasteiger partial charge is 0.324 e. The van der Waals surface area contributed by atoms with Crippen LogP contribution >= 0.6 is 24.8 Å². The fourth-order valence-corrected chi connectivity index (χ4v) is 2.26. The Kier molecular flexibility index (Phi) is 8.38. The number of carbonyl (C=O) groups excluding carboxylic acids is 1. The van der Waals surface area contributed by atoms with Crippen LogP contribution in [0.1, 0.15) is 25.8 Å². The van der Waals surface area contributed by atoms with E-state index < -0.39 is 6.04 Å². The summed E-state index contributed by atoms with van der Waals surface area (Å²) in [7, 11) is 0. The predicted molar refractivity (Wildman–Crippen MR) is 97.0 cm³/mol. The molecule has 0 aliphatic rings. The van der Waals surface area contributed by atoms with E-state index in [0.29, 0.717) is 12.3 Å². The van der Waals surface area contributed by atoms with E-state index in [-0.39, 0.29) is 30.7 Å². The van der Waals surface area contributed by atoms with Gasteiger partial charge in [-0.1, -0.05) is 19.9 Å². The first-order chi connectivity index (χ1) is 9.49. The number of anilines is 1. The summed E-state index contributed by atoms with van der Waals surface area (Å²) in [6, 6.07) is 7.20. The lowest BCUT2D eigenvalue weighted by molar-refractivity contribution is -0.117. The van der Waals surface area contributed by atoms with Gasteiger partial charge in [0.25, 0.3) is 0 Å². The molecule has 2 rings (SSSR count). The van der Waals surface area contributed by atoms with Crippen LogP contribution in [0.4, 0.5) is 5.69 Å². The van der Waals surface area contributed by atoms with Crippen molar-refractivity contribution in [3.63, 3.8) is 0 Å². The summed E-state index contributed by atoms with van der Waals surface area (Å²) >= 11 is 0. The van der Waals surface area contributed by atoms with Crippen LogP contribution in [0.2, 0.25) is 0 Å². The van der Waals surface area contributed by atoms with Gasteiger partial charge in [0.05, 0.1) is 17.2 Å². The fourth-order valence-electron chi connectivity index (χ4n) is 2.26. The van der Waals surface area contributed by atoms with Gasteiger partial charge in [0, 0.05) is 11.6 Å². The topological polar surface area (TPSA) is 68.0 Å². The third-order valence-corrected chi connectivity index (χ3v) is 3.29. The maximum atomic E-state index is 12.1. The fraction of sp³-hybridized carbons (Fsp3) is 0.375. The number of benzene rings is 1. The molecule has 1 aromatic heterocycles. The number of nitrogens with zero attached hydrogens (tertiary/aromatic N) is 1. The van der Waals surface area contributed by atoms with Crippen LogP contribution in [0.25, 0.3) is 10.9 Å². The standard InChI is InChI=1S/C16H21N3O.2ClH/c1-10(2)9-13(17)16(20)19-14-7-6-11(3)15-12(14)5-4-8-18-15;;/h4-8,10,13H,9,17H2,1-3H3,(H,19,20);2*1H/t13-;;/m0../s1. The van der Waals surface area contributed by atoms with Crippen molar-refractivity contribution in [2.75, 3.05) is 5.32 Å². The van der Waals surface area contributed by atoms with Crippen molar-refractivity contribution < 1.29 is 4.79 Å². The molecule has 3 N–H and O–H groups in total. The number of fused-ring (bicyclic) bond motifs is 1. The number of carbonyl (C=O) groups is 1. The second kappa shape index (κ2) is 8.93. The second-order valence-corrected chi connectivity index (χ2v) is 5.55. The lowest BCUT2D eigenvalue weighted by Crippen LogP contribution is -2.36. The molecule has 0 saturated carbocycles. The van der Waals surface area contributed by atoms with E-state index in [9.17, 15) is 4.79 Å². The monoisotopic (exact) mass is 343 g/mol. The van der Waals surface area contributed by atoms with E-state index in [1.54, 1.807) is 6.20 Å². The molecule has 1 heterocycles. The van der Waals surface area contributed by atoms with Crippen molar-refractivity contribution in [3.05, 3.63) is 36.0 Å². The zero-order valence-electron chi connectivity index (χ0n) is 13.0. The highest BCUT2D eigenvalue weighted by Crippen LogP contribution is 2.24. The number of rotatable bonds is 4. The van der Waals surface area contributed by atoms with Gasteiger partial charge >= 0.3 is 0 Å². The van der Waals surface area contributed by atoms with Crippen LogP contribution in [0.5, 0.6) is 0 Å². The number of amides is 1. The maximum absolute atomic E-state index is 12.1. The van der Waals surface area contributed by atoms with E-state index >= 15 is 0 Å². The Labute approximate surface area is 143 Å². The molecule has 6 heteroatoms. The highest BCUT2D eigenvalue weighted by molar-refractivity contribution is 6.03. The normalized spacial score (nSPS) is 11.5. The lowest BCUT2D eigenvalue weighted by Gasteiger charge is -2.15. The van der Waals surface area contributed by atoms with Gasteiger partial charge in [-0.05, 0) is 43.0 Å². The van der Waals surface area contributed by atoms with Crippen LogP contribution in [0.15, 0.2) is 30.5 Å². The van der Waals surface area contributed by atoms with Crippen molar-refractivity contribution in [3.8, 4) is 0 Å². The Hall–Kier alpha value is -1.36. The number of nitrogens with two attached hydrogens (primary N) is 1. The number of pyridine rings is 1. The van der Waals surface area contributed by atoms with Gasteiger partial charge < -0.3 is 11.1 Å². The van der Waals surface area contributed by atoms with Crippen LogP contribution < -0.4 is 11.1 Å². The minimum absolute atomic E-state index is 0. The molecule has 1 atom stereocenters. The minimum Gasteiger partial charge on any atom is -0.324 e. The zero-order valence-corrected chi connectivity index (χ0v) is 14.6. The Morgan fingerprint density at radius 3 is 2.59 bits per heavy atom. The van der Waals surface area contributed by atoms with Gasteiger partial charge in [0.15, 0.2) is 0 Å². The Morgan fingerprint density at radius 1 is 1.27 bits per heavy atom. The molecule has 122 valence electrons. The molecule has 4 nitrogen and oxygen atoms in total. The number of aromatic nitrogens is 1. The number of nitrogens with one attached hydrogen (secondary N) is 1. The summed E-state index contributed by atoms with van der Waals surface area (Å²) in [4.78, 5) is 16.5. The average Bonchev–Trinajstić information content (AvgIpc) is 2.41. The predicted octanol–water partition coefficient (Wildman–Crippen LogP) is 3.70. The van der Waals surface area contributed by atoms with Crippen molar-refractivity contribution in [1.82, 2.24) is 4.98 Å². The molecule has 1 aromatic carbocycles. The van der Waals surface area contributed by atoms with E-state index in [4.69, 9.17) is 5.73 Å². The van der Waals surface area contributed by atoms with E-state index in [2.05, 4.69) is 24.1 Å². The van der Waals surface area contributed by atoms with E-state index in [1.807, 2.05) is 31.2 Å². The number of hydrogen-bond acceptors (Lipinski definition) is 3. The summed E-state index contributed by atoms with van der Waals surface area (Å²) in [6.07, 6.45) is 2.43. The molecular weight excluding hydrogens is 321 g/mol. The molecule has 0 saturated heterocycles. The first-order valence-corrected chi connectivity index (χ1v) is 6.90. The molecule has 2 aromatic rings. The van der Waals surface area contributed by atoms with Crippen molar-refractivity contribution in [1.29, 1.82) is 0 Å². The maximum Gasteiger partial charge on any atom is 0.241 e. The first-order valence-electron chi connectivity index (χ1n) is 6.90. The quantitative estimate of drug-likeness (QED) is 0.889. The molecule has 0 bridgehead atoms. The van der Waals surface area contributed by atoms with Crippen molar-refractivity contribution in [2.45, 2.75) is 33.2 Å². The lowest BCUT2D eigenvalue weighted by atomic mass is 10.0. The highest BCUT2D eigenvalue weighted by atomic mass is 35.5. The molecule has 0 aliphatic carbocycles. The van der Waals surface area contributed by atoms with Crippen LogP contribution in [-0.2, 0) is 4.79 Å². The Balaban J connectivity index is 0.00000220. The number of hydrogen-bond donors (Lipinski definition) is 2. The minimum atomic E-state index is -0.483. The average molecular weight is 344 g/mol. The summed E-state index contributed by atoms with van der Waals surface area (Å²) in [6.45, 7) is 6.11. The van der Waals surface area contributed by atoms with Crippen molar-refractivity contribution >= 4 is 47.3 Å². The van der Waals surface area contributed by atoms with Gasteiger partial charge in [-0.2, -0.15) is 0 Å². The number of aryl methyl sites for hydroxylation is 1. The van der Waals surface area contributed by atoms with E-state index in [1.165, 1.54) is 0 Å². The molecule has 0 radical (unpaired) electrons. The molecular formula is C16H23Cl2N3O. The first kappa shape index (κ1) is 20.6. The van der Waals surface area contributed by atoms with Gasteiger partial charge in [-0.3, -0.25) is 9.78 Å². The van der Waals surface area contributed by atoms with E-state index in [0.717, 1.165) is 22.2 Å². The smallest absolute Gasteiger partial charge is 0.241 e. The third kappa shape index (κ3) is 4.83. The SMILES string of the molecule is Cc1ccc(NC(=O)[C@@H](N)CC(C)C)c2cccnc12.Cl.Cl. The number of halogens is 2. The van der Waals surface area contributed by atoms with Crippen LogP contribution in [-0.4, -0.2) is 16.9 Å². The summed E-state index contributed by atoms with van der Waals surface area (Å²) in [5, 5.41) is 3.86. The zero-order chi connectivity index (χ0) is 14.7. The van der Waals surface area contributed by atoms with Gasteiger partial charge in [-0.15, -0.1) is 24.8 Å². The summed E-state index contributed by atoms with van der Waals surface area (Å²) in [5.41, 5.74) is 8.67. The third-order valence-electron chi connectivity index (χ3n) is 3.29. The highest BCUT2D eigenvalue weighted by Gasteiger charge is 2.16. The molecule has 0 unspecified atom stereocenters. The molecule has 1 amide bonds. The summed E-state index contributed by atoms with van der Waals surface area (Å²) < 4.78 is 0. The second-order valence-electron chi connectivity index (χ2n) is 5.55. The Bertz CT molecular complexity index is 632. The summed E-state index contributed by atoms with van der Waals surface area (Å²) in [5.74, 6) is 0.250. The Morgan fingerprint density at radius 2 is 1.95 bits per heavy atom. The van der Waals surface area contributed by atoms with Crippen LogP contribution in [0.3, 0.4) is 0 Å². The molecule has 0 aliphatic heterocycles. The molecule has 0 spiro atoms. The van der Waals surface area contributed by atoms with Gasteiger partial charge in [0.2, 0.25) is 5.91 Å². The molecule has 22 heavy (non-hydrogen) atoms. The van der Waals surface area contributed by atoms with Gasteiger partial charge in [0.1, 0.15) is 0 Å².